The van der Waals surface area contributed by atoms with Crippen molar-refractivity contribution < 1.29 is 8.78 Å². The van der Waals surface area contributed by atoms with Crippen LogP contribution >= 0.6 is 0 Å². The predicted octanol–water partition coefficient (Wildman–Crippen LogP) is 3.53. The van der Waals surface area contributed by atoms with Gasteiger partial charge in [-0.05, 0) is 42.8 Å². The Morgan fingerprint density at radius 3 is 2.41 bits per heavy atom. The lowest BCUT2D eigenvalue weighted by Gasteiger charge is -2.15. The summed E-state index contributed by atoms with van der Waals surface area (Å²) in [5, 5.41) is 3.14. The third-order valence-corrected chi connectivity index (χ3v) is 2.45. The molecular formula is C13H12F2N2. The van der Waals surface area contributed by atoms with Crippen molar-refractivity contribution >= 4 is 5.69 Å². The average molecular weight is 234 g/mol. The molecule has 0 saturated heterocycles. The van der Waals surface area contributed by atoms with E-state index in [1.54, 1.807) is 18.3 Å². The quantitative estimate of drug-likeness (QED) is 0.878. The van der Waals surface area contributed by atoms with Gasteiger partial charge in [-0.1, -0.05) is 0 Å². The van der Waals surface area contributed by atoms with Crippen LogP contribution in [0.3, 0.4) is 0 Å². The zero-order valence-electron chi connectivity index (χ0n) is 9.32. The average Bonchev–Trinajstić information content (AvgIpc) is 2.32. The van der Waals surface area contributed by atoms with Crippen LogP contribution in [0.2, 0.25) is 0 Å². The highest BCUT2D eigenvalue weighted by Gasteiger charge is 2.06. The van der Waals surface area contributed by atoms with E-state index in [1.807, 2.05) is 6.92 Å². The molecule has 0 aliphatic carbocycles. The van der Waals surface area contributed by atoms with Crippen molar-refractivity contribution in [2.75, 3.05) is 5.32 Å². The van der Waals surface area contributed by atoms with Crippen molar-refractivity contribution in [3.8, 4) is 0 Å². The van der Waals surface area contributed by atoms with Gasteiger partial charge in [0.15, 0.2) is 0 Å². The first-order valence-corrected chi connectivity index (χ1v) is 5.28. The molecule has 1 aromatic heterocycles. The third-order valence-electron chi connectivity index (χ3n) is 2.45. The molecule has 0 aliphatic rings. The first-order valence-electron chi connectivity index (χ1n) is 5.28. The summed E-state index contributed by atoms with van der Waals surface area (Å²) in [5.74, 6) is -0.647. The van der Waals surface area contributed by atoms with E-state index in [9.17, 15) is 8.78 Å². The van der Waals surface area contributed by atoms with E-state index in [2.05, 4.69) is 10.3 Å². The minimum Gasteiger partial charge on any atom is -0.378 e. The summed E-state index contributed by atoms with van der Waals surface area (Å²) >= 11 is 0. The zero-order chi connectivity index (χ0) is 12.3. The van der Waals surface area contributed by atoms with E-state index in [4.69, 9.17) is 0 Å². The Morgan fingerprint density at radius 1 is 1.06 bits per heavy atom. The van der Waals surface area contributed by atoms with E-state index in [0.717, 1.165) is 17.4 Å². The Bertz CT molecular complexity index is 497. The predicted molar refractivity (Wildman–Crippen MR) is 62.6 cm³/mol. The highest BCUT2D eigenvalue weighted by atomic mass is 19.1. The number of aromatic nitrogens is 1. The summed E-state index contributed by atoms with van der Waals surface area (Å²) in [5.41, 5.74) is 1.53. The van der Waals surface area contributed by atoms with E-state index >= 15 is 0 Å². The Kier molecular flexibility index (Phi) is 3.32. The van der Waals surface area contributed by atoms with Gasteiger partial charge in [0.25, 0.3) is 0 Å². The lowest BCUT2D eigenvalue weighted by atomic mass is 10.1. The summed E-state index contributed by atoms with van der Waals surface area (Å²) in [6.45, 7) is 1.89. The fraction of sp³-hybridized carbons (Fsp3) is 0.154. The summed E-state index contributed by atoms with van der Waals surface area (Å²) in [6.07, 6.45) is 2.76. The zero-order valence-corrected chi connectivity index (χ0v) is 9.32. The van der Waals surface area contributed by atoms with E-state index < -0.39 is 0 Å². The standard InChI is InChI=1S/C13H12F2N2/c1-9(10-6-12(15)8-16-7-10)17-13-4-2-11(14)3-5-13/h2-9,17H,1H3. The van der Waals surface area contributed by atoms with Gasteiger partial charge in [-0.3, -0.25) is 4.98 Å². The largest absolute Gasteiger partial charge is 0.378 e. The summed E-state index contributed by atoms with van der Waals surface area (Å²) in [6, 6.07) is 7.35. The summed E-state index contributed by atoms with van der Waals surface area (Å²) in [4.78, 5) is 3.79. The molecule has 2 nitrogen and oxygen atoms in total. The molecule has 0 fully saturated rings. The second kappa shape index (κ2) is 4.91. The summed E-state index contributed by atoms with van der Waals surface area (Å²) in [7, 11) is 0. The minimum atomic E-state index is -0.366. The SMILES string of the molecule is CC(Nc1ccc(F)cc1)c1cncc(F)c1. The minimum absolute atomic E-state index is 0.0938. The lowest BCUT2D eigenvalue weighted by Crippen LogP contribution is -2.07. The molecule has 17 heavy (non-hydrogen) atoms. The topological polar surface area (TPSA) is 24.9 Å². The Hall–Kier alpha value is -1.97. The molecule has 0 aliphatic heterocycles. The third kappa shape index (κ3) is 3.00. The number of rotatable bonds is 3. The first kappa shape index (κ1) is 11.5. The van der Waals surface area contributed by atoms with E-state index in [0.29, 0.717) is 0 Å². The molecule has 1 aromatic carbocycles. The number of benzene rings is 1. The van der Waals surface area contributed by atoms with Gasteiger partial charge in [-0.2, -0.15) is 0 Å². The van der Waals surface area contributed by atoms with Gasteiger partial charge < -0.3 is 5.32 Å². The van der Waals surface area contributed by atoms with Crippen molar-refractivity contribution in [2.45, 2.75) is 13.0 Å². The molecule has 2 rings (SSSR count). The molecule has 0 spiro atoms. The van der Waals surface area contributed by atoms with Crippen LogP contribution in [0.5, 0.6) is 0 Å². The van der Waals surface area contributed by atoms with E-state index in [-0.39, 0.29) is 17.7 Å². The van der Waals surface area contributed by atoms with Crippen LogP contribution < -0.4 is 5.32 Å². The maximum absolute atomic E-state index is 13.0. The number of hydrogen-bond donors (Lipinski definition) is 1. The number of anilines is 1. The number of nitrogens with zero attached hydrogens (tertiary/aromatic N) is 1. The highest BCUT2D eigenvalue weighted by molar-refractivity contribution is 5.45. The second-order valence-electron chi connectivity index (χ2n) is 3.81. The Morgan fingerprint density at radius 2 is 1.76 bits per heavy atom. The van der Waals surface area contributed by atoms with E-state index in [1.165, 1.54) is 18.2 Å². The van der Waals surface area contributed by atoms with Gasteiger partial charge >= 0.3 is 0 Å². The van der Waals surface area contributed by atoms with Crippen LogP contribution in [0, 0.1) is 11.6 Å². The number of halogens is 2. The number of hydrogen-bond acceptors (Lipinski definition) is 2. The molecule has 1 unspecified atom stereocenters. The summed E-state index contributed by atoms with van der Waals surface area (Å²) < 4.78 is 25.7. The van der Waals surface area contributed by atoms with Gasteiger partial charge in [0.1, 0.15) is 11.6 Å². The first-order chi connectivity index (χ1) is 8.15. The van der Waals surface area contributed by atoms with Gasteiger partial charge in [-0.15, -0.1) is 0 Å². The maximum atomic E-state index is 13.0. The van der Waals surface area contributed by atoms with Crippen LogP contribution in [-0.4, -0.2) is 4.98 Å². The number of nitrogens with one attached hydrogen (secondary N) is 1. The van der Waals surface area contributed by atoms with Crippen molar-refractivity contribution in [3.05, 3.63) is 59.9 Å². The van der Waals surface area contributed by atoms with Crippen molar-refractivity contribution in [2.24, 2.45) is 0 Å². The maximum Gasteiger partial charge on any atom is 0.141 e. The normalized spacial score (nSPS) is 12.2. The molecule has 4 heteroatoms. The fourth-order valence-electron chi connectivity index (χ4n) is 1.54. The van der Waals surface area contributed by atoms with Gasteiger partial charge in [0.2, 0.25) is 0 Å². The smallest absolute Gasteiger partial charge is 0.141 e. The van der Waals surface area contributed by atoms with Crippen LogP contribution in [0.15, 0.2) is 42.7 Å². The molecule has 0 radical (unpaired) electrons. The molecule has 88 valence electrons. The molecule has 1 heterocycles. The van der Waals surface area contributed by atoms with Crippen molar-refractivity contribution in [1.29, 1.82) is 0 Å². The van der Waals surface area contributed by atoms with Crippen LogP contribution in [0.25, 0.3) is 0 Å². The fourth-order valence-corrected chi connectivity index (χ4v) is 1.54. The molecule has 1 atom stereocenters. The molecule has 0 saturated carbocycles. The Balaban J connectivity index is 2.11. The second-order valence-corrected chi connectivity index (χ2v) is 3.81. The van der Waals surface area contributed by atoms with Gasteiger partial charge in [0.05, 0.1) is 12.2 Å². The number of pyridine rings is 1. The molecule has 2 aromatic rings. The molecular weight excluding hydrogens is 222 g/mol. The van der Waals surface area contributed by atoms with Crippen molar-refractivity contribution in [1.82, 2.24) is 4.98 Å². The molecule has 1 N–H and O–H groups in total. The molecule has 0 amide bonds. The van der Waals surface area contributed by atoms with Crippen LogP contribution in [0.4, 0.5) is 14.5 Å². The van der Waals surface area contributed by atoms with Gasteiger partial charge in [0, 0.05) is 11.9 Å². The Labute approximate surface area is 98.3 Å². The van der Waals surface area contributed by atoms with Gasteiger partial charge in [-0.25, -0.2) is 8.78 Å². The van der Waals surface area contributed by atoms with Crippen LogP contribution in [0.1, 0.15) is 18.5 Å². The highest BCUT2D eigenvalue weighted by Crippen LogP contribution is 2.19. The molecule has 0 bridgehead atoms. The van der Waals surface area contributed by atoms with Crippen LogP contribution in [-0.2, 0) is 0 Å². The lowest BCUT2D eigenvalue weighted by molar-refractivity contribution is 0.616. The monoisotopic (exact) mass is 234 g/mol. The van der Waals surface area contributed by atoms with Crippen molar-refractivity contribution in [3.63, 3.8) is 0 Å².